The molecule has 0 aliphatic carbocycles. The molecule has 15 heavy (non-hydrogen) atoms. The van der Waals surface area contributed by atoms with Gasteiger partial charge < -0.3 is 10.4 Å². The van der Waals surface area contributed by atoms with Crippen LogP contribution in [0.4, 0.5) is 0 Å². The standard InChI is InChI=1S/C11H20N2OS/c1-3-10(4-5-14)6-12-7-11-8-15-9(2)13-11/h8,10,12,14H,3-7H2,1-2H3. The van der Waals surface area contributed by atoms with Crippen LogP contribution < -0.4 is 5.32 Å². The number of nitrogens with one attached hydrogen (secondary N) is 1. The van der Waals surface area contributed by atoms with E-state index in [1.807, 2.05) is 6.92 Å². The van der Waals surface area contributed by atoms with E-state index in [4.69, 9.17) is 5.11 Å². The van der Waals surface area contributed by atoms with Crippen molar-refractivity contribution in [3.05, 3.63) is 16.1 Å². The van der Waals surface area contributed by atoms with Gasteiger partial charge in [-0.05, 0) is 25.8 Å². The van der Waals surface area contributed by atoms with Gasteiger partial charge in [0.05, 0.1) is 10.7 Å². The molecule has 0 aromatic carbocycles. The number of aliphatic hydroxyl groups excluding tert-OH is 1. The molecule has 0 saturated carbocycles. The maximum atomic E-state index is 8.85. The van der Waals surface area contributed by atoms with E-state index in [0.717, 1.165) is 36.6 Å². The van der Waals surface area contributed by atoms with Gasteiger partial charge in [-0.1, -0.05) is 13.3 Å². The van der Waals surface area contributed by atoms with Gasteiger partial charge in [0.15, 0.2) is 0 Å². The molecule has 1 aromatic rings. The Morgan fingerprint density at radius 3 is 2.93 bits per heavy atom. The van der Waals surface area contributed by atoms with Crippen molar-refractivity contribution in [3.8, 4) is 0 Å². The number of aryl methyl sites for hydroxylation is 1. The van der Waals surface area contributed by atoms with Crippen LogP contribution in [0, 0.1) is 12.8 Å². The molecule has 0 saturated heterocycles. The molecular formula is C11H20N2OS. The third kappa shape index (κ3) is 4.73. The normalized spacial score (nSPS) is 13.0. The Morgan fingerprint density at radius 2 is 2.40 bits per heavy atom. The summed E-state index contributed by atoms with van der Waals surface area (Å²) in [6.45, 7) is 6.28. The van der Waals surface area contributed by atoms with Gasteiger partial charge in [-0.25, -0.2) is 4.98 Å². The molecule has 0 fully saturated rings. The molecule has 0 aliphatic rings. The van der Waals surface area contributed by atoms with Gasteiger partial charge in [-0.3, -0.25) is 0 Å². The zero-order valence-electron chi connectivity index (χ0n) is 9.49. The first-order valence-electron chi connectivity index (χ1n) is 5.48. The van der Waals surface area contributed by atoms with Gasteiger partial charge in [-0.15, -0.1) is 11.3 Å². The van der Waals surface area contributed by atoms with Crippen LogP contribution in [0.15, 0.2) is 5.38 Å². The molecule has 0 radical (unpaired) electrons. The van der Waals surface area contributed by atoms with E-state index >= 15 is 0 Å². The summed E-state index contributed by atoms with van der Waals surface area (Å²) in [6.07, 6.45) is 2.00. The van der Waals surface area contributed by atoms with Crippen LogP contribution in [-0.4, -0.2) is 23.2 Å². The second-order valence-corrected chi connectivity index (χ2v) is 4.84. The van der Waals surface area contributed by atoms with Crippen molar-refractivity contribution in [2.45, 2.75) is 33.2 Å². The first-order chi connectivity index (χ1) is 7.26. The topological polar surface area (TPSA) is 45.1 Å². The van der Waals surface area contributed by atoms with E-state index < -0.39 is 0 Å². The number of hydrogen-bond acceptors (Lipinski definition) is 4. The number of thiazole rings is 1. The lowest BCUT2D eigenvalue weighted by Gasteiger charge is -2.13. The van der Waals surface area contributed by atoms with Crippen molar-refractivity contribution in [1.82, 2.24) is 10.3 Å². The van der Waals surface area contributed by atoms with E-state index in [2.05, 4.69) is 22.6 Å². The molecule has 0 spiro atoms. The number of aliphatic hydroxyl groups is 1. The van der Waals surface area contributed by atoms with Crippen LogP contribution in [0.3, 0.4) is 0 Å². The van der Waals surface area contributed by atoms with Crippen molar-refractivity contribution < 1.29 is 5.11 Å². The molecule has 0 bridgehead atoms. The molecule has 0 aliphatic heterocycles. The first-order valence-corrected chi connectivity index (χ1v) is 6.36. The van der Waals surface area contributed by atoms with Crippen LogP contribution in [0.25, 0.3) is 0 Å². The SMILES string of the molecule is CCC(CCO)CNCc1csc(C)n1. The molecule has 3 nitrogen and oxygen atoms in total. The minimum atomic E-state index is 0.288. The van der Waals surface area contributed by atoms with Crippen molar-refractivity contribution in [1.29, 1.82) is 0 Å². The summed E-state index contributed by atoms with van der Waals surface area (Å²) in [5, 5.41) is 15.4. The minimum absolute atomic E-state index is 0.288. The molecule has 2 N–H and O–H groups in total. The summed E-state index contributed by atoms with van der Waals surface area (Å²) < 4.78 is 0. The Hall–Kier alpha value is -0.450. The van der Waals surface area contributed by atoms with Gasteiger partial charge in [-0.2, -0.15) is 0 Å². The summed E-state index contributed by atoms with van der Waals surface area (Å²) in [7, 11) is 0. The highest BCUT2D eigenvalue weighted by Crippen LogP contribution is 2.09. The van der Waals surface area contributed by atoms with E-state index in [9.17, 15) is 0 Å². The van der Waals surface area contributed by atoms with Crippen LogP contribution in [0.1, 0.15) is 30.5 Å². The minimum Gasteiger partial charge on any atom is -0.396 e. The van der Waals surface area contributed by atoms with Gasteiger partial charge in [0.1, 0.15) is 0 Å². The summed E-state index contributed by atoms with van der Waals surface area (Å²) >= 11 is 1.69. The Balaban J connectivity index is 2.20. The highest BCUT2D eigenvalue weighted by molar-refractivity contribution is 7.09. The third-order valence-corrected chi connectivity index (χ3v) is 3.34. The predicted octanol–water partition coefficient (Wildman–Crippen LogP) is 1.95. The van der Waals surface area contributed by atoms with Crippen molar-refractivity contribution in [2.75, 3.05) is 13.2 Å². The summed E-state index contributed by atoms with van der Waals surface area (Å²) in [5.74, 6) is 0.578. The molecule has 1 atom stereocenters. The Bertz CT molecular complexity index is 275. The fourth-order valence-electron chi connectivity index (χ4n) is 1.53. The van der Waals surface area contributed by atoms with Gasteiger partial charge in [0, 0.05) is 18.5 Å². The average molecular weight is 228 g/mol. The molecule has 4 heteroatoms. The maximum absolute atomic E-state index is 8.85. The van der Waals surface area contributed by atoms with Crippen LogP contribution in [0.2, 0.25) is 0 Å². The Kier molecular flexibility index (Phi) is 5.83. The van der Waals surface area contributed by atoms with Crippen molar-refractivity contribution in [3.63, 3.8) is 0 Å². The summed E-state index contributed by atoms with van der Waals surface area (Å²) in [5.41, 5.74) is 1.12. The largest absolute Gasteiger partial charge is 0.396 e. The number of hydrogen-bond donors (Lipinski definition) is 2. The smallest absolute Gasteiger partial charge is 0.0897 e. The molecule has 1 unspecified atom stereocenters. The average Bonchev–Trinajstić information content (AvgIpc) is 2.63. The highest BCUT2D eigenvalue weighted by atomic mass is 32.1. The fourth-order valence-corrected chi connectivity index (χ4v) is 2.14. The Morgan fingerprint density at radius 1 is 1.60 bits per heavy atom. The lowest BCUT2D eigenvalue weighted by atomic mass is 10.0. The zero-order valence-corrected chi connectivity index (χ0v) is 10.3. The van der Waals surface area contributed by atoms with Crippen LogP contribution in [0.5, 0.6) is 0 Å². The maximum Gasteiger partial charge on any atom is 0.0897 e. The molecule has 1 aromatic heterocycles. The van der Waals surface area contributed by atoms with E-state index in [1.54, 1.807) is 11.3 Å². The predicted molar refractivity (Wildman–Crippen MR) is 64.0 cm³/mol. The quantitative estimate of drug-likeness (QED) is 0.750. The first kappa shape index (κ1) is 12.6. The van der Waals surface area contributed by atoms with Crippen molar-refractivity contribution >= 4 is 11.3 Å². The molecule has 1 rings (SSSR count). The van der Waals surface area contributed by atoms with E-state index in [0.29, 0.717) is 5.92 Å². The van der Waals surface area contributed by atoms with Crippen LogP contribution in [-0.2, 0) is 6.54 Å². The van der Waals surface area contributed by atoms with E-state index in [-0.39, 0.29) is 6.61 Å². The van der Waals surface area contributed by atoms with Gasteiger partial charge >= 0.3 is 0 Å². The van der Waals surface area contributed by atoms with Gasteiger partial charge in [0.2, 0.25) is 0 Å². The third-order valence-electron chi connectivity index (χ3n) is 2.52. The molecular weight excluding hydrogens is 208 g/mol. The number of aromatic nitrogens is 1. The Labute approximate surface area is 95.6 Å². The molecule has 0 amide bonds. The van der Waals surface area contributed by atoms with E-state index in [1.165, 1.54) is 0 Å². The lowest BCUT2D eigenvalue weighted by Crippen LogP contribution is -2.23. The number of rotatable bonds is 7. The second-order valence-electron chi connectivity index (χ2n) is 3.78. The van der Waals surface area contributed by atoms with Gasteiger partial charge in [0.25, 0.3) is 0 Å². The van der Waals surface area contributed by atoms with Crippen molar-refractivity contribution in [2.24, 2.45) is 5.92 Å². The second kappa shape index (κ2) is 6.93. The highest BCUT2D eigenvalue weighted by Gasteiger charge is 2.05. The number of nitrogens with zero attached hydrogens (tertiary/aromatic N) is 1. The summed E-state index contributed by atoms with van der Waals surface area (Å²) in [4.78, 5) is 4.39. The van der Waals surface area contributed by atoms with Crippen LogP contribution >= 0.6 is 11.3 Å². The fraction of sp³-hybridized carbons (Fsp3) is 0.727. The lowest BCUT2D eigenvalue weighted by molar-refractivity contribution is 0.251. The summed E-state index contributed by atoms with van der Waals surface area (Å²) in [6, 6.07) is 0. The zero-order chi connectivity index (χ0) is 11.1. The monoisotopic (exact) mass is 228 g/mol. The molecule has 86 valence electrons. The molecule has 1 heterocycles.